The molecule has 0 radical (unpaired) electrons. The molecule has 1 aliphatic rings. The number of nitrogens with one attached hydrogen (secondary N) is 1. The van der Waals surface area contributed by atoms with Gasteiger partial charge in [0.1, 0.15) is 23.6 Å². The van der Waals surface area contributed by atoms with Crippen LogP contribution in [-0.2, 0) is 17.8 Å². The molecule has 0 saturated heterocycles. The minimum absolute atomic E-state index is 0.0226. The Labute approximate surface area is 210 Å². The number of pyridine rings is 2. The standard InChI is InChI=1S/C28H22FN5O3/c1-16-9-11-21-25(36)22(28-32-26(33-37-28)18-6-4-7-19(29)13-18)14-34(27(21)30-16)15-24(35)31-23-12-10-17-5-2-3-8-20(17)23/h2-9,11,13-14,23H,10,12,15H2,1H3,(H,31,35). The summed E-state index contributed by atoms with van der Waals surface area (Å²) < 4.78 is 20.7. The molecule has 1 unspecified atom stereocenters. The monoisotopic (exact) mass is 495 g/mol. The Kier molecular flexibility index (Phi) is 5.60. The summed E-state index contributed by atoms with van der Waals surface area (Å²) >= 11 is 0. The highest BCUT2D eigenvalue weighted by atomic mass is 19.1. The molecule has 0 aliphatic heterocycles. The lowest BCUT2D eigenvalue weighted by atomic mass is 10.1. The van der Waals surface area contributed by atoms with Crippen molar-refractivity contribution in [2.24, 2.45) is 0 Å². The van der Waals surface area contributed by atoms with Crippen LogP contribution in [0.4, 0.5) is 4.39 Å². The average Bonchev–Trinajstić information content (AvgIpc) is 3.54. The fraction of sp³-hybridized carbons (Fsp3) is 0.179. The van der Waals surface area contributed by atoms with Gasteiger partial charge in [-0.2, -0.15) is 4.98 Å². The van der Waals surface area contributed by atoms with Crippen molar-refractivity contribution >= 4 is 16.9 Å². The second-order valence-electron chi connectivity index (χ2n) is 9.11. The second-order valence-corrected chi connectivity index (χ2v) is 9.11. The van der Waals surface area contributed by atoms with Crippen LogP contribution in [-0.4, -0.2) is 25.6 Å². The smallest absolute Gasteiger partial charge is 0.263 e. The van der Waals surface area contributed by atoms with Crippen molar-refractivity contribution in [1.29, 1.82) is 0 Å². The van der Waals surface area contributed by atoms with Crippen molar-refractivity contribution in [1.82, 2.24) is 25.0 Å². The first kappa shape index (κ1) is 22.8. The molecule has 0 bridgehead atoms. The summed E-state index contributed by atoms with van der Waals surface area (Å²) in [5.41, 5.74) is 3.68. The molecular weight excluding hydrogens is 473 g/mol. The van der Waals surface area contributed by atoms with Gasteiger partial charge in [0.05, 0.1) is 11.4 Å². The van der Waals surface area contributed by atoms with Gasteiger partial charge in [-0.15, -0.1) is 0 Å². The van der Waals surface area contributed by atoms with Crippen LogP contribution in [0.15, 0.2) is 76.2 Å². The molecule has 1 amide bonds. The Balaban J connectivity index is 1.36. The maximum Gasteiger partial charge on any atom is 0.263 e. The van der Waals surface area contributed by atoms with Gasteiger partial charge in [0.15, 0.2) is 0 Å². The van der Waals surface area contributed by atoms with E-state index in [1.165, 1.54) is 23.9 Å². The number of halogens is 1. The van der Waals surface area contributed by atoms with Crippen LogP contribution in [0.25, 0.3) is 33.9 Å². The van der Waals surface area contributed by atoms with Gasteiger partial charge >= 0.3 is 0 Å². The molecular formula is C28H22FN5O3. The van der Waals surface area contributed by atoms with Gasteiger partial charge in [-0.25, -0.2) is 9.37 Å². The maximum absolute atomic E-state index is 13.7. The number of rotatable bonds is 5. The van der Waals surface area contributed by atoms with Gasteiger partial charge in [0.2, 0.25) is 17.2 Å². The van der Waals surface area contributed by atoms with Gasteiger partial charge in [0.25, 0.3) is 5.89 Å². The molecule has 6 rings (SSSR count). The minimum Gasteiger partial charge on any atom is -0.348 e. The number of nitrogens with zero attached hydrogens (tertiary/aromatic N) is 4. The molecule has 184 valence electrons. The molecule has 2 aromatic carbocycles. The van der Waals surface area contributed by atoms with Crippen molar-refractivity contribution in [3.8, 4) is 22.8 Å². The van der Waals surface area contributed by atoms with Crippen LogP contribution in [0, 0.1) is 12.7 Å². The van der Waals surface area contributed by atoms with Crippen LogP contribution in [0.1, 0.15) is 29.3 Å². The van der Waals surface area contributed by atoms with Gasteiger partial charge in [0, 0.05) is 17.5 Å². The number of hydrogen-bond donors (Lipinski definition) is 1. The molecule has 8 nitrogen and oxygen atoms in total. The second kappa shape index (κ2) is 9.09. The van der Waals surface area contributed by atoms with E-state index in [2.05, 4.69) is 26.5 Å². The molecule has 3 heterocycles. The average molecular weight is 496 g/mol. The Bertz CT molecular complexity index is 1730. The fourth-order valence-electron chi connectivity index (χ4n) is 4.81. The van der Waals surface area contributed by atoms with E-state index in [0.717, 1.165) is 18.4 Å². The topological polar surface area (TPSA) is 103 Å². The summed E-state index contributed by atoms with van der Waals surface area (Å²) in [6, 6.07) is 17.2. The van der Waals surface area contributed by atoms with Crippen molar-refractivity contribution in [2.45, 2.75) is 32.4 Å². The van der Waals surface area contributed by atoms with E-state index in [9.17, 15) is 14.0 Å². The van der Waals surface area contributed by atoms with Crippen molar-refractivity contribution in [2.75, 3.05) is 0 Å². The van der Waals surface area contributed by atoms with Crippen molar-refractivity contribution < 1.29 is 13.7 Å². The van der Waals surface area contributed by atoms with Crippen LogP contribution in [0.2, 0.25) is 0 Å². The lowest BCUT2D eigenvalue weighted by Gasteiger charge is -2.16. The van der Waals surface area contributed by atoms with Gasteiger partial charge in [-0.1, -0.05) is 41.6 Å². The summed E-state index contributed by atoms with van der Waals surface area (Å²) in [6.07, 6.45) is 3.27. The third-order valence-electron chi connectivity index (χ3n) is 6.58. The molecule has 5 aromatic rings. The molecule has 0 fully saturated rings. The highest BCUT2D eigenvalue weighted by Gasteiger charge is 2.24. The Hall–Kier alpha value is -4.66. The van der Waals surface area contributed by atoms with E-state index in [4.69, 9.17) is 4.52 Å². The van der Waals surface area contributed by atoms with Crippen LogP contribution in [0.3, 0.4) is 0 Å². The van der Waals surface area contributed by atoms with Crippen LogP contribution in [0.5, 0.6) is 0 Å². The first-order valence-electron chi connectivity index (χ1n) is 11.9. The van der Waals surface area contributed by atoms with Crippen LogP contribution >= 0.6 is 0 Å². The number of carbonyl (C=O) groups excluding carboxylic acids is 1. The summed E-state index contributed by atoms with van der Waals surface area (Å²) in [5.74, 6) is -0.507. The van der Waals surface area contributed by atoms with Crippen molar-refractivity contribution in [3.05, 3.63) is 99.7 Å². The first-order valence-corrected chi connectivity index (χ1v) is 11.9. The van der Waals surface area contributed by atoms with Gasteiger partial charge < -0.3 is 14.4 Å². The quantitative estimate of drug-likeness (QED) is 0.389. The molecule has 9 heteroatoms. The van der Waals surface area contributed by atoms with E-state index >= 15 is 0 Å². The Morgan fingerprint density at radius 2 is 2.00 bits per heavy atom. The number of amides is 1. The SMILES string of the molecule is Cc1ccc2c(=O)c(-c3nc(-c4cccc(F)c4)no3)cn(CC(=O)NC3CCc4ccccc43)c2n1. The Morgan fingerprint density at radius 1 is 1.14 bits per heavy atom. The lowest BCUT2D eigenvalue weighted by Crippen LogP contribution is -2.31. The number of benzene rings is 2. The predicted octanol–water partition coefficient (Wildman–Crippen LogP) is 4.36. The Morgan fingerprint density at radius 3 is 2.86 bits per heavy atom. The summed E-state index contributed by atoms with van der Waals surface area (Å²) in [6.45, 7) is 1.77. The zero-order valence-corrected chi connectivity index (χ0v) is 19.9. The highest BCUT2D eigenvalue weighted by Crippen LogP contribution is 2.30. The van der Waals surface area contributed by atoms with E-state index in [1.54, 1.807) is 28.8 Å². The molecule has 0 spiro atoms. The van der Waals surface area contributed by atoms with Gasteiger partial charge in [-0.05, 0) is 55.2 Å². The number of carbonyl (C=O) groups is 1. The summed E-state index contributed by atoms with van der Waals surface area (Å²) in [5, 5.41) is 7.37. The molecule has 1 atom stereocenters. The zero-order chi connectivity index (χ0) is 25.5. The van der Waals surface area contributed by atoms with Crippen molar-refractivity contribution in [3.63, 3.8) is 0 Å². The van der Waals surface area contributed by atoms with Gasteiger partial charge in [-0.3, -0.25) is 9.59 Å². The molecule has 1 aliphatic carbocycles. The number of aryl methyl sites for hydroxylation is 2. The van der Waals surface area contributed by atoms with E-state index in [0.29, 0.717) is 22.3 Å². The minimum atomic E-state index is -0.436. The molecule has 0 saturated carbocycles. The third kappa shape index (κ3) is 4.29. The summed E-state index contributed by atoms with van der Waals surface area (Å²) in [4.78, 5) is 35.3. The first-order chi connectivity index (χ1) is 18.0. The fourth-order valence-corrected chi connectivity index (χ4v) is 4.81. The zero-order valence-electron chi connectivity index (χ0n) is 19.9. The highest BCUT2D eigenvalue weighted by molar-refractivity contribution is 5.83. The van der Waals surface area contributed by atoms with E-state index < -0.39 is 5.82 Å². The van der Waals surface area contributed by atoms with E-state index in [-0.39, 0.29) is 41.2 Å². The largest absolute Gasteiger partial charge is 0.348 e. The normalized spacial score (nSPS) is 14.6. The predicted molar refractivity (Wildman–Crippen MR) is 135 cm³/mol. The molecule has 3 aromatic heterocycles. The molecule has 37 heavy (non-hydrogen) atoms. The van der Waals surface area contributed by atoms with E-state index in [1.807, 2.05) is 25.1 Å². The molecule has 1 N–H and O–H groups in total. The number of hydrogen-bond acceptors (Lipinski definition) is 6. The number of fused-ring (bicyclic) bond motifs is 2. The third-order valence-corrected chi connectivity index (χ3v) is 6.58. The maximum atomic E-state index is 13.7. The summed E-state index contributed by atoms with van der Waals surface area (Å²) in [7, 11) is 0. The van der Waals surface area contributed by atoms with Crippen LogP contribution < -0.4 is 10.7 Å². The lowest BCUT2D eigenvalue weighted by molar-refractivity contribution is -0.122. The number of aromatic nitrogens is 4.